The lowest BCUT2D eigenvalue weighted by molar-refractivity contribution is 0.305. The maximum atomic E-state index is 12.2. The quantitative estimate of drug-likeness (QED) is 0.633. The van der Waals surface area contributed by atoms with Gasteiger partial charge in [-0.2, -0.15) is 0 Å². The molecule has 4 nitrogen and oxygen atoms in total. The summed E-state index contributed by atoms with van der Waals surface area (Å²) >= 11 is 0. The molecule has 1 N–H and O–H groups in total. The van der Waals surface area contributed by atoms with E-state index in [1.54, 1.807) is 6.08 Å². The van der Waals surface area contributed by atoms with Crippen molar-refractivity contribution >= 4 is 16.1 Å². The summed E-state index contributed by atoms with van der Waals surface area (Å²) in [6.07, 6.45) is 1.58. The molecule has 0 aliphatic rings. The monoisotopic (exact) mass is 379 g/mol. The molecule has 3 aromatic carbocycles. The van der Waals surface area contributed by atoms with Crippen molar-refractivity contribution in [1.29, 1.82) is 0 Å². The molecule has 5 heteroatoms. The molecule has 0 fully saturated rings. The van der Waals surface area contributed by atoms with Crippen LogP contribution < -0.4 is 9.46 Å². The van der Waals surface area contributed by atoms with Gasteiger partial charge in [0.25, 0.3) is 0 Å². The van der Waals surface area contributed by atoms with Crippen LogP contribution in [0.15, 0.2) is 90.3 Å². The third-order valence-electron chi connectivity index (χ3n) is 3.96. The average molecular weight is 379 g/mol. The standard InChI is InChI=1S/C22H21NO3S/c24-27(25,16-15-19-9-3-1-4-10-19)23-17-20-11-7-8-12-21(20)18-26-22-13-5-2-6-14-22/h1-16,23H,17-18H2. The fourth-order valence-corrected chi connectivity index (χ4v) is 3.30. The first-order valence-corrected chi connectivity index (χ1v) is 10.1. The van der Waals surface area contributed by atoms with Gasteiger partial charge in [0.2, 0.25) is 10.0 Å². The third-order valence-corrected chi connectivity index (χ3v) is 5.00. The Morgan fingerprint density at radius 2 is 1.37 bits per heavy atom. The lowest BCUT2D eigenvalue weighted by Crippen LogP contribution is -2.21. The van der Waals surface area contributed by atoms with Gasteiger partial charge < -0.3 is 4.74 Å². The van der Waals surface area contributed by atoms with E-state index in [4.69, 9.17) is 4.74 Å². The van der Waals surface area contributed by atoms with Crippen LogP contribution in [0.2, 0.25) is 0 Å². The Morgan fingerprint density at radius 1 is 0.778 bits per heavy atom. The summed E-state index contributed by atoms with van der Waals surface area (Å²) in [7, 11) is -3.53. The van der Waals surface area contributed by atoms with Crippen molar-refractivity contribution in [2.45, 2.75) is 13.2 Å². The number of para-hydroxylation sites is 1. The average Bonchev–Trinajstić information content (AvgIpc) is 2.71. The van der Waals surface area contributed by atoms with Crippen molar-refractivity contribution < 1.29 is 13.2 Å². The zero-order valence-corrected chi connectivity index (χ0v) is 15.6. The van der Waals surface area contributed by atoms with Crippen molar-refractivity contribution in [2.24, 2.45) is 0 Å². The molecule has 138 valence electrons. The maximum absolute atomic E-state index is 12.2. The molecule has 3 aromatic rings. The summed E-state index contributed by atoms with van der Waals surface area (Å²) in [6, 6.07) is 26.5. The van der Waals surface area contributed by atoms with Gasteiger partial charge in [0.05, 0.1) is 0 Å². The van der Waals surface area contributed by atoms with E-state index in [0.29, 0.717) is 6.61 Å². The molecule has 0 saturated carbocycles. The first-order chi connectivity index (χ1) is 13.1. The molecule has 27 heavy (non-hydrogen) atoms. The van der Waals surface area contributed by atoms with Crippen molar-refractivity contribution in [2.75, 3.05) is 0 Å². The fraction of sp³-hybridized carbons (Fsp3) is 0.0909. The van der Waals surface area contributed by atoms with Crippen LogP contribution in [0.3, 0.4) is 0 Å². The van der Waals surface area contributed by atoms with Crippen LogP contribution in [0.1, 0.15) is 16.7 Å². The van der Waals surface area contributed by atoms with E-state index in [1.165, 1.54) is 5.41 Å². The van der Waals surface area contributed by atoms with E-state index in [0.717, 1.165) is 22.4 Å². The SMILES string of the molecule is O=S(=O)(C=Cc1ccccc1)NCc1ccccc1COc1ccccc1. The lowest BCUT2D eigenvalue weighted by Gasteiger charge is -2.11. The molecule has 0 aliphatic heterocycles. The number of ether oxygens (including phenoxy) is 1. The molecule has 0 amide bonds. The van der Waals surface area contributed by atoms with Gasteiger partial charge in [0.1, 0.15) is 12.4 Å². The van der Waals surface area contributed by atoms with Crippen molar-refractivity contribution in [3.8, 4) is 5.75 Å². The van der Waals surface area contributed by atoms with Crippen LogP contribution >= 0.6 is 0 Å². The fourth-order valence-electron chi connectivity index (χ4n) is 2.51. The van der Waals surface area contributed by atoms with Gasteiger partial charge in [-0.15, -0.1) is 0 Å². The maximum Gasteiger partial charge on any atom is 0.234 e. The molecule has 0 atom stereocenters. The highest BCUT2D eigenvalue weighted by molar-refractivity contribution is 7.92. The lowest BCUT2D eigenvalue weighted by atomic mass is 10.1. The molecule has 0 aromatic heterocycles. The Balaban J connectivity index is 1.63. The smallest absolute Gasteiger partial charge is 0.234 e. The highest BCUT2D eigenvalue weighted by Gasteiger charge is 2.08. The summed E-state index contributed by atoms with van der Waals surface area (Å²) in [5.41, 5.74) is 2.65. The van der Waals surface area contributed by atoms with Crippen molar-refractivity contribution in [3.63, 3.8) is 0 Å². The molecule has 3 rings (SSSR count). The molecule has 0 bridgehead atoms. The molecule has 0 heterocycles. The molecular formula is C22H21NO3S. The van der Waals surface area contributed by atoms with Gasteiger partial charge in [0, 0.05) is 12.0 Å². The topological polar surface area (TPSA) is 55.4 Å². The van der Waals surface area contributed by atoms with E-state index in [1.807, 2.05) is 84.9 Å². The van der Waals surface area contributed by atoms with E-state index in [9.17, 15) is 8.42 Å². The minimum atomic E-state index is -3.53. The summed E-state index contributed by atoms with van der Waals surface area (Å²) < 4.78 is 32.9. The van der Waals surface area contributed by atoms with Gasteiger partial charge in [-0.05, 0) is 34.9 Å². The molecule has 0 saturated heterocycles. The number of benzene rings is 3. The molecule has 0 radical (unpaired) electrons. The number of hydrogen-bond donors (Lipinski definition) is 1. The predicted molar refractivity (Wildman–Crippen MR) is 108 cm³/mol. The van der Waals surface area contributed by atoms with Gasteiger partial charge >= 0.3 is 0 Å². The molecule has 0 aliphatic carbocycles. The second-order valence-corrected chi connectivity index (χ2v) is 7.60. The normalized spacial score (nSPS) is 11.6. The Labute approximate surface area is 160 Å². The Morgan fingerprint density at radius 3 is 2.07 bits per heavy atom. The van der Waals surface area contributed by atoms with Gasteiger partial charge in [-0.25, -0.2) is 13.1 Å². The van der Waals surface area contributed by atoms with Gasteiger partial charge in [-0.3, -0.25) is 0 Å². The second kappa shape index (κ2) is 9.16. The number of rotatable bonds is 8. The van der Waals surface area contributed by atoms with E-state index < -0.39 is 10.0 Å². The van der Waals surface area contributed by atoms with Crippen molar-refractivity contribution in [1.82, 2.24) is 4.72 Å². The highest BCUT2D eigenvalue weighted by Crippen LogP contribution is 2.15. The second-order valence-electron chi connectivity index (χ2n) is 5.95. The van der Waals surface area contributed by atoms with Gasteiger partial charge in [-0.1, -0.05) is 72.8 Å². The van der Waals surface area contributed by atoms with Crippen LogP contribution in [-0.2, 0) is 23.2 Å². The first-order valence-electron chi connectivity index (χ1n) is 8.60. The van der Waals surface area contributed by atoms with Crippen LogP contribution in [0, 0.1) is 0 Å². The zero-order valence-electron chi connectivity index (χ0n) is 14.8. The predicted octanol–water partition coefficient (Wildman–Crippen LogP) is 4.36. The summed E-state index contributed by atoms with van der Waals surface area (Å²) in [5.74, 6) is 0.777. The largest absolute Gasteiger partial charge is 0.489 e. The summed E-state index contributed by atoms with van der Waals surface area (Å²) in [4.78, 5) is 0. The van der Waals surface area contributed by atoms with Gasteiger partial charge in [0.15, 0.2) is 0 Å². The number of hydrogen-bond acceptors (Lipinski definition) is 3. The van der Waals surface area contributed by atoms with Crippen LogP contribution in [0.5, 0.6) is 5.75 Å². The number of nitrogens with one attached hydrogen (secondary N) is 1. The van der Waals surface area contributed by atoms with Crippen molar-refractivity contribution in [3.05, 3.63) is 107 Å². The Kier molecular flexibility index (Phi) is 6.41. The minimum Gasteiger partial charge on any atom is -0.489 e. The van der Waals surface area contributed by atoms with E-state index in [-0.39, 0.29) is 6.54 Å². The first kappa shape index (κ1) is 18.9. The molecular weight excluding hydrogens is 358 g/mol. The molecule has 0 spiro atoms. The van der Waals surface area contributed by atoms with Crippen LogP contribution in [0.25, 0.3) is 6.08 Å². The summed E-state index contributed by atoms with van der Waals surface area (Å²) in [5, 5.41) is 1.19. The molecule has 0 unspecified atom stereocenters. The van der Waals surface area contributed by atoms with E-state index in [2.05, 4.69) is 4.72 Å². The third kappa shape index (κ3) is 6.09. The Bertz CT molecular complexity index is 984. The van der Waals surface area contributed by atoms with E-state index >= 15 is 0 Å². The van der Waals surface area contributed by atoms with Crippen LogP contribution in [-0.4, -0.2) is 8.42 Å². The zero-order chi connectivity index (χ0) is 19.0. The Hall–Kier alpha value is -2.89. The number of sulfonamides is 1. The van der Waals surface area contributed by atoms with Crippen LogP contribution in [0.4, 0.5) is 0 Å². The highest BCUT2D eigenvalue weighted by atomic mass is 32.2. The summed E-state index contributed by atoms with van der Waals surface area (Å²) in [6.45, 7) is 0.581. The minimum absolute atomic E-state index is 0.204.